The third-order valence-electron chi connectivity index (χ3n) is 4.02. The van der Waals surface area contributed by atoms with Gasteiger partial charge in [-0.2, -0.15) is 0 Å². The summed E-state index contributed by atoms with van der Waals surface area (Å²) in [6.45, 7) is 6.43. The lowest BCUT2D eigenvalue weighted by Gasteiger charge is -2.28. The minimum Gasteiger partial charge on any atom is -0.490 e. The number of ether oxygens (including phenoxy) is 2. The van der Waals surface area contributed by atoms with E-state index in [4.69, 9.17) is 9.47 Å². The van der Waals surface area contributed by atoms with E-state index in [0.29, 0.717) is 18.1 Å². The second kappa shape index (κ2) is 8.40. The van der Waals surface area contributed by atoms with E-state index in [-0.39, 0.29) is 0 Å². The molecule has 3 heteroatoms. The van der Waals surface area contributed by atoms with Crippen molar-refractivity contribution in [3.63, 3.8) is 0 Å². The van der Waals surface area contributed by atoms with Gasteiger partial charge in [0.1, 0.15) is 11.9 Å². The monoisotopic (exact) mass is 291 g/mol. The molecule has 0 aliphatic heterocycles. The summed E-state index contributed by atoms with van der Waals surface area (Å²) in [6, 6.07) is 8.48. The zero-order valence-corrected chi connectivity index (χ0v) is 13.6. The fraction of sp³-hybridized carbons (Fsp3) is 0.667. The van der Waals surface area contributed by atoms with Crippen molar-refractivity contribution in [2.45, 2.75) is 58.3 Å². The van der Waals surface area contributed by atoms with Crippen LogP contribution in [0.5, 0.6) is 5.75 Å². The summed E-state index contributed by atoms with van der Waals surface area (Å²) in [6.07, 6.45) is 5.17. The Morgan fingerprint density at radius 3 is 2.52 bits per heavy atom. The van der Waals surface area contributed by atoms with Crippen molar-refractivity contribution >= 4 is 0 Å². The average molecular weight is 291 g/mol. The average Bonchev–Trinajstić information content (AvgIpc) is 2.49. The van der Waals surface area contributed by atoms with Crippen LogP contribution in [0.3, 0.4) is 0 Å². The Morgan fingerprint density at radius 2 is 1.86 bits per heavy atom. The molecule has 21 heavy (non-hydrogen) atoms. The van der Waals surface area contributed by atoms with Gasteiger partial charge in [0.05, 0.1) is 6.10 Å². The predicted molar refractivity (Wildman–Crippen MR) is 86.7 cm³/mol. The number of nitrogens with one attached hydrogen (secondary N) is 1. The van der Waals surface area contributed by atoms with Crippen LogP contribution in [0.15, 0.2) is 24.3 Å². The molecule has 1 aromatic rings. The summed E-state index contributed by atoms with van der Waals surface area (Å²) in [5.41, 5.74) is 1.31. The van der Waals surface area contributed by atoms with Crippen LogP contribution in [0.25, 0.3) is 0 Å². The lowest BCUT2D eigenvalue weighted by molar-refractivity contribution is 0.0209. The topological polar surface area (TPSA) is 30.5 Å². The standard InChI is InChI=1S/C18H29NO2/c1-14(2)12-19-13-15-7-9-16(10-8-15)21-18-6-4-5-17(11-18)20-3/h7-10,14,17-19H,4-6,11-13H2,1-3H3. The maximum absolute atomic E-state index is 6.08. The van der Waals surface area contributed by atoms with E-state index in [1.54, 1.807) is 7.11 Å². The molecule has 3 nitrogen and oxygen atoms in total. The molecule has 0 spiro atoms. The Bertz CT molecular complexity index is 402. The smallest absolute Gasteiger partial charge is 0.119 e. The maximum atomic E-state index is 6.08. The first-order chi connectivity index (χ1) is 10.2. The molecule has 1 N–H and O–H groups in total. The van der Waals surface area contributed by atoms with E-state index < -0.39 is 0 Å². The van der Waals surface area contributed by atoms with Gasteiger partial charge in [-0.3, -0.25) is 0 Å². The summed E-state index contributed by atoms with van der Waals surface area (Å²) in [5.74, 6) is 1.66. The molecule has 1 aliphatic carbocycles. The Balaban J connectivity index is 1.79. The van der Waals surface area contributed by atoms with E-state index in [1.807, 2.05) is 0 Å². The lowest BCUT2D eigenvalue weighted by Crippen LogP contribution is -2.29. The zero-order chi connectivity index (χ0) is 15.1. The molecule has 0 bridgehead atoms. The Hall–Kier alpha value is -1.06. The normalized spacial score (nSPS) is 22.5. The molecule has 2 atom stereocenters. The van der Waals surface area contributed by atoms with Crippen molar-refractivity contribution in [2.24, 2.45) is 5.92 Å². The number of benzene rings is 1. The van der Waals surface area contributed by atoms with Crippen LogP contribution >= 0.6 is 0 Å². The van der Waals surface area contributed by atoms with Gasteiger partial charge >= 0.3 is 0 Å². The van der Waals surface area contributed by atoms with E-state index >= 15 is 0 Å². The quantitative estimate of drug-likeness (QED) is 0.829. The van der Waals surface area contributed by atoms with Crippen LogP contribution in [0, 0.1) is 5.92 Å². The van der Waals surface area contributed by atoms with Crippen LogP contribution < -0.4 is 10.1 Å². The SMILES string of the molecule is COC1CCCC(Oc2ccc(CNCC(C)C)cc2)C1. The first-order valence-corrected chi connectivity index (χ1v) is 8.16. The molecule has 1 saturated carbocycles. The van der Waals surface area contributed by atoms with Crippen molar-refractivity contribution < 1.29 is 9.47 Å². The summed E-state index contributed by atoms with van der Waals surface area (Å²) in [4.78, 5) is 0. The zero-order valence-electron chi connectivity index (χ0n) is 13.6. The number of hydrogen-bond donors (Lipinski definition) is 1. The van der Waals surface area contributed by atoms with Crippen molar-refractivity contribution in [3.05, 3.63) is 29.8 Å². The summed E-state index contributed by atoms with van der Waals surface area (Å²) in [7, 11) is 1.80. The van der Waals surface area contributed by atoms with Crippen LogP contribution in [0.1, 0.15) is 45.1 Å². The highest BCUT2D eigenvalue weighted by Gasteiger charge is 2.22. The van der Waals surface area contributed by atoms with E-state index in [1.165, 1.54) is 12.0 Å². The summed E-state index contributed by atoms with van der Waals surface area (Å²) < 4.78 is 11.5. The fourth-order valence-corrected chi connectivity index (χ4v) is 2.81. The molecule has 1 aromatic carbocycles. The van der Waals surface area contributed by atoms with Gasteiger partial charge in [-0.25, -0.2) is 0 Å². The molecule has 0 aromatic heterocycles. The van der Waals surface area contributed by atoms with Crippen LogP contribution in [0.2, 0.25) is 0 Å². The molecular formula is C18H29NO2. The Kier molecular flexibility index (Phi) is 6.52. The van der Waals surface area contributed by atoms with Gasteiger partial charge in [-0.15, -0.1) is 0 Å². The summed E-state index contributed by atoms with van der Waals surface area (Å²) in [5, 5.41) is 3.46. The van der Waals surface area contributed by atoms with Gasteiger partial charge in [-0.1, -0.05) is 26.0 Å². The Morgan fingerprint density at radius 1 is 1.14 bits per heavy atom. The van der Waals surface area contributed by atoms with Gasteiger partial charge in [0.25, 0.3) is 0 Å². The summed E-state index contributed by atoms with van der Waals surface area (Å²) >= 11 is 0. The molecule has 0 heterocycles. The number of hydrogen-bond acceptors (Lipinski definition) is 3. The highest BCUT2D eigenvalue weighted by Crippen LogP contribution is 2.25. The minimum absolute atomic E-state index is 0.300. The minimum atomic E-state index is 0.300. The van der Waals surface area contributed by atoms with Crippen LogP contribution in [-0.2, 0) is 11.3 Å². The molecule has 0 saturated heterocycles. The van der Waals surface area contributed by atoms with Gasteiger partial charge in [0.15, 0.2) is 0 Å². The van der Waals surface area contributed by atoms with Crippen LogP contribution in [-0.4, -0.2) is 25.9 Å². The molecule has 0 amide bonds. The molecular weight excluding hydrogens is 262 g/mol. The van der Waals surface area contributed by atoms with Gasteiger partial charge in [0, 0.05) is 20.1 Å². The highest BCUT2D eigenvalue weighted by molar-refractivity contribution is 5.27. The number of rotatable bonds is 7. The molecule has 1 aliphatic rings. The molecule has 0 radical (unpaired) electrons. The molecule has 2 rings (SSSR count). The lowest BCUT2D eigenvalue weighted by atomic mass is 9.95. The van der Waals surface area contributed by atoms with Crippen molar-refractivity contribution in [2.75, 3.05) is 13.7 Å². The van der Waals surface area contributed by atoms with Crippen molar-refractivity contribution in [1.29, 1.82) is 0 Å². The predicted octanol–water partition coefficient (Wildman–Crippen LogP) is 3.77. The first kappa shape index (κ1) is 16.3. The third kappa shape index (κ3) is 5.68. The molecule has 2 unspecified atom stereocenters. The third-order valence-corrected chi connectivity index (χ3v) is 4.02. The molecule has 1 fully saturated rings. The maximum Gasteiger partial charge on any atom is 0.119 e. The van der Waals surface area contributed by atoms with Gasteiger partial charge in [0.2, 0.25) is 0 Å². The van der Waals surface area contributed by atoms with E-state index in [2.05, 4.69) is 43.4 Å². The van der Waals surface area contributed by atoms with Crippen molar-refractivity contribution in [1.82, 2.24) is 5.32 Å². The van der Waals surface area contributed by atoms with E-state index in [9.17, 15) is 0 Å². The van der Waals surface area contributed by atoms with Crippen molar-refractivity contribution in [3.8, 4) is 5.75 Å². The number of methoxy groups -OCH3 is 1. The molecule has 118 valence electrons. The van der Waals surface area contributed by atoms with Gasteiger partial charge in [-0.05, 0) is 49.4 Å². The highest BCUT2D eigenvalue weighted by atomic mass is 16.5. The second-order valence-corrected chi connectivity index (χ2v) is 6.43. The Labute approximate surface area is 129 Å². The largest absolute Gasteiger partial charge is 0.490 e. The van der Waals surface area contributed by atoms with E-state index in [0.717, 1.165) is 38.1 Å². The first-order valence-electron chi connectivity index (χ1n) is 8.16. The fourth-order valence-electron chi connectivity index (χ4n) is 2.81. The second-order valence-electron chi connectivity index (χ2n) is 6.43. The van der Waals surface area contributed by atoms with Crippen LogP contribution in [0.4, 0.5) is 0 Å². The van der Waals surface area contributed by atoms with Gasteiger partial charge < -0.3 is 14.8 Å².